The fourth-order valence-corrected chi connectivity index (χ4v) is 3.13. The number of aryl methyl sites for hydroxylation is 3. The van der Waals surface area contributed by atoms with Crippen LogP contribution in [0.15, 0.2) is 48.7 Å². The van der Waals surface area contributed by atoms with Crippen LogP contribution in [0.4, 0.5) is 0 Å². The standard InChI is InChI=1S/C21H24N4O/c1-14-8-10-17(11-9-14)21(19-7-5-6-12-22-19)25(4)20(26)13-18-15(2)23-24-16(18)3/h5-12,21H,13H2,1-4H3,(H,23,24)/t21-/m1/s1. The maximum atomic E-state index is 13.0. The molecule has 2 aromatic heterocycles. The molecule has 0 saturated carbocycles. The summed E-state index contributed by atoms with van der Waals surface area (Å²) in [4.78, 5) is 19.3. The molecule has 0 spiro atoms. The van der Waals surface area contributed by atoms with Crippen molar-refractivity contribution in [1.82, 2.24) is 20.1 Å². The quantitative estimate of drug-likeness (QED) is 0.767. The third-order valence-electron chi connectivity index (χ3n) is 4.75. The zero-order valence-corrected chi connectivity index (χ0v) is 15.7. The van der Waals surface area contributed by atoms with Crippen molar-refractivity contribution >= 4 is 5.91 Å². The number of amides is 1. The fraction of sp³-hybridized carbons (Fsp3) is 0.286. The monoisotopic (exact) mass is 348 g/mol. The van der Waals surface area contributed by atoms with E-state index in [1.807, 2.05) is 39.1 Å². The molecule has 1 N–H and O–H groups in total. The first-order valence-electron chi connectivity index (χ1n) is 8.71. The highest BCUT2D eigenvalue weighted by Gasteiger charge is 2.25. The molecule has 5 heteroatoms. The molecule has 0 aliphatic heterocycles. The minimum Gasteiger partial charge on any atom is -0.333 e. The van der Waals surface area contributed by atoms with Gasteiger partial charge in [-0.3, -0.25) is 14.9 Å². The summed E-state index contributed by atoms with van der Waals surface area (Å²) in [6.45, 7) is 5.92. The predicted octanol–water partition coefficient (Wildman–Crippen LogP) is 3.52. The molecule has 3 aromatic rings. The molecule has 0 unspecified atom stereocenters. The van der Waals surface area contributed by atoms with Crippen LogP contribution < -0.4 is 0 Å². The molecule has 0 fully saturated rings. The van der Waals surface area contributed by atoms with Crippen molar-refractivity contribution in [2.24, 2.45) is 0 Å². The van der Waals surface area contributed by atoms with Gasteiger partial charge in [0.15, 0.2) is 0 Å². The maximum Gasteiger partial charge on any atom is 0.227 e. The Bertz CT molecular complexity index is 865. The van der Waals surface area contributed by atoms with Crippen molar-refractivity contribution in [3.05, 3.63) is 82.4 Å². The molecular weight excluding hydrogens is 324 g/mol. The number of carbonyl (C=O) groups is 1. The summed E-state index contributed by atoms with van der Waals surface area (Å²) in [7, 11) is 1.84. The summed E-state index contributed by atoms with van der Waals surface area (Å²) >= 11 is 0. The molecule has 0 saturated heterocycles. The van der Waals surface area contributed by atoms with Crippen LogP contribution in [0.5, 0.6) is 0 Å². The molecule has 1 amide bonds. The van der Waals surface area contributed by atoms with Crippen LogP contribution >= 0.6 is 0 Å². The van der Waals surface area contributed by atoms with Gasteiger partial charge in [-0.2, -0.15) is 5.10 Å². The Morgan fingerprint density at radius 2 is 1.85 bits per heavy atom. The Kier molecular flexibility index (Phi) is 5.16. The summed E-state index contributed by atoms with van der Waals surface area (Å²) in [5.74, 6) is 0.0360. The first-order valence-corrected chi connectivity index (χ1v) is 8.71. The largest absolute Gasteiger partial charge is 0.333 e. The number of aromatic amines is 1. The number of hydrogen-bond donors (Lipinski definition) is 1. The van der Waals surface area contributed by atoms with Crippen LogP contribution in [-0.4, -0.2) is 33.0 Å². The zero-order chi connectivity index (χ0) is 18.7. The van der Waals surface area contributed by atoms with E-state index in [-0.39, 0.29) is 11.9 Å². The highest BCUT2D eigenvalue weighted by molar-refractivity contribution is 5.80. The molecule has 2 heterocycles. The van der Waals surface area contributed by atoms with E-state index in [0.29, 0.717) is 6.42 Å². The molecule has 26 heavy (non-hydrogen) atoms. The van der Waals surface area contributed by atoms with E-state index >= 15 is 0 Å². The maximum absolute atomic E-state index is 13.0. The van der Waals surface area contributed by atoms with Gasteiger partial charge in [0.2, 0.25) is 5.91 Å². The van der Waals surface area contributed by atoms with Crippen LogP contribution in [-0.2, 0) is 11.2 Å². The lowest BCUT2D eigenvalue weighted by Gasteiger charge is -2.28. The van der Waals surface area contributed by atoms with E-state index in [4.69, 9.17) is 0 Å². The van der Waals surface area contributed by atoms with Crippen molar-refractivity contribution in [2.45, 2.75) is 33.2 Å². The Balaban J connectivity index is 1.93. The van der Waals surface area contributed by atoms with Gasteiger partial charge >= 0.3 is 0 Å². The highest BCUT2D eigenvalue weighted by Crippen LogP contribution is 2.27. The third-order valence-corrected chi connectivity index (χ3v) is 4.75. The molecule has 1 aromatic carbocycles. The molecule has 0 radical (unpaired) electrons. The minimum absolute atomic E-state index is 0.0360. The van der Waals surface area contributed by atoms with Gasteiger partial charge in [-0.25, -0.2) is 0 Å². The van der Waals surface area contributed by atoms with E-state index in [1.54, 1.807) is 11.1 Å². The van der Waals surface area contributed by atoms with Gasteiger partial charge in [-0.1, -0.05) is 35.9 Å². The zero-order valence-electron chi connectivity index (χ0n) is 15.7. The lowest BCUT2D eigenvalue weighted by Crippen LogP contribution is -2.33. The third kappa shape index (κ3) is 3.67. The van der Waals surface area contributed by atoms with Crippen molar-refractivity contribution < 1.29 is 4.79 Å². The van der Waals surface area contributed by atoms with Crippen molar-refractivity contribution in [3.63, 3.8) is 0 Å². The molecule has 0 bridgehead atoms. The van der Waals surface area contributed by atoms with Gasteiger partial charge in [0, 0.05) is 24.5 Å². The molecule has 0 aliphatic carbocycles. The van der Waals surface area contributed by atoms with Gasteiger partial charge in [0.05, 0.1) is 23.9 Å². The number of nitrogens with zero attached hydrogens (tertiary/aromatic N) is 3. The van der Waals surface area contributed by atoms with E-state index in [1.165, 1.54) is 5.56 Å². The first-order chi connectivity index (χ1) is 12.5. The summed E-state index contributed by atoms with van der Waals surface area (Å²) in [5.41, 5.74) is 5.86. The number of pyridine rings is 1. The van der Waals surface area contributed by atoms with Gasteiger partial charge in [0.25, 0.3) is 0 Å². The number of hydrogen-bond acceptors (Lipinski definition) is 3. The number of likely N-dealkylation sites (N-methyl/N-ethyl adjacent to an activating group) is 1. The van der Waals surface area contributed by atoms with E-state index < -0.39 is 0 Å². The SMILES string of the molecule is Cc1ccc([C@H](c2ccccn2)N(C)C(=O)Cc2c(C)n[nH]c2C)cc1. The average Bonchev–Trinajstić information content (AvgIpc) is 2.96. The summed E-state index contributed by atoms with van der Waals surface area (Å²) in [5, 5.41) is 7.14. The summed E-state index contributed by atoms with van der Waals surface area (Å²) in [6.07, 6.45) is 2.08. The average molecular weight is 348 g/mol. The Labute approximate surface area is 154 Å². The van der Waals surface area contributed by atoms with Gasteiger partial charge in [0.1, 0.15) is 0 Å². The Hall–Kier alpha value is -2.95. The van der Waals surface area contributed by atoms with Crippen molar-refractivity contribution in [1.29, 1.82) is 0 Å². The van der Waals surface area contributed by atoms with E-state index in [0.717, 1.165) is 28.2 Å². The number of H-pyrrole nitrogens is 1. The van der Waals surface area contributed by atoms with E-state index in [9.17, 15) is 4.79 Å². The second-order valence-electron chi connectivity index (χ2n) is 6.66. The molecule has 3 rings (SSSR count). The smallest absolute Gasteiger partial charge is 0.227 e. The van der Waals surface area contributed by atoms with Crippen LogP contribution in [0, 0.1) is 20.8 Å². The number of nitrogens with one attached hydrogen (secondary N) is 1. The minimum atomic E-state index is -0.225. The summed E-state index contributed by atoms with van der Waals surface area (Å²) in [6, 6.07) is 13.8. The molecule has 0 aliphatic rings. The molecular formula is C21H24N4O. The van der Waals surface area contributed by atoms with Crippen molar-refractivity contribution in [3.8, 4) is 0 Å². The van der Waals surface area contributed by atoms with Crippen LogP contribution in [0.25, 0.3) is 0 Å². The molecule has 5 nitrogen and oxygen atoms in total. The van der Waals surface area contributed by atoms with Crippen LogP contribution in [0.1, 0.15) is 39.8 Å². The number of benzene rings is 1. The normalized spacial score (nSPS) is 12.0. The van der Waals surface area contributed by atoms with E-state index in [2.05, 4.69) is 46.4 Å². The van der Waals surface area contributed by atoms with Crippen LogP contribution in [0.2, 0.25) is 0 Å². The highest BCUT2D eigenvalue weighted by atomic mass is 16.2. The lowest BCUT2D eigenvalue weighted by molar-refractivity contribution is -0.130. The predicted molar refractivity (Wildman–Crippen MR) is 102 cm³/mol. The van der Waals surface area contributed by atoms with Crippen molar-refractivity contribution in [2.75, 3.05) is 7.05 Å². The van der Waals surface area contributed by atoms with Gasteiger partial charge in [-0.05, 0) is 38.5 Å². The number of aromatic nitrogens is 3. The molecule has 134 valence electrons. The number of rotatable bonds is 5. The molecule has 1 atom stereocenters. The second-order valence-corrected chi connectivity index (χ2v) is 6.66. The lowest BCUT2D eigenvalue weighted by atomic mass is 9.99. The Morgan fingerprint density at radius 3 is 2.42 bits per heavy atom. The Morgan fingerprint density at radius 1 is 1.12 bits per heavy atom. The van der Waals surface area contributed by atoms with Crippen LogP contribution in [0.3, 0.4) is 0 Å². The fourth-order valence-electron chi connectivity index (χ4n) is 3.13. The summed E-state index contributed by atoms with van der Waals surface area (Å²) < 4.78 is 0. The first kappa shape index (κ1) is 17.9. The second kappa shape index (κ2) is 7.52. The van der Waals surface area contributed by atoms with Gasteiger partial charge < -0.3 is 4.90 Å². The number of carbonyl (C=O) groups excluding carboxylic acids is 1. The topological polar surface area (TPSA) is 61.9 Å². The van der Waals surface area contributed by atoms with Gasteiger partial charge in [-0.15, -0.1) is 0 Å².